The summed E-state index contributed by atoms with van der Waals surface area (Å²) in [5, 5.41) is 12.6. The summed E-state index contributed by atoms with van der Waals surface area (Å²) in [5.74, 6) is -1.63. The molecule has 1 fully saturated rings. The monoisotopic (exact) mass is 461 g/mol. The first kappa shape index (κ1) is 26.8. The van der Waals surface area contributed by atoms with Gasteiger partial charge < -0.3 is 20.5 Å². The summed E-state index contributed by atoms with van der Waals surface area (Å²) < 4.78 is 5.25. The molecule has 184 valence electrons. The van der Waals surface area contributed by atoms with E-state index in [2.05, 4.69) is 5.32 Å². The fraction of sp³-hybridized carbons (Fsp3) is 0.640. The highest BCUT2D eigenvalue weighted by Gasteiger charge is 2.35. The van der Waals surface area contributed by atoms with E-state index < -0.39 is 18.1 Å². The molecule has 1 amide bonds. The summed E-state index contributed by atoms with van der Waals surface area (Å²) in [6.45, 7) is 2.71. The van der Waals surface area contributed by atoms with Crippen molar-refractivity contribution in [3.8, 4) is 0 Å². The lowest BCUT2D eigenvalue weighted by atomic mass is 9.93. The van der Waals surface area contributed by atoms with Gasteiger partial charge in [0, 0.05) is 12.5 Å². The number of likely N-dealkylation sites (tertiary alicyclic amines) is 1. The number of ether oxygens (including phenoxy) is 1. The lowest BCUT2D eigenvalue weighted by Crippen LogP contribution is -2.52. The van der Waals surface area contributed by atoms with Crippen LogP contribution in [0.3, 0.4) is 0 Å². The Morgan fingerprint density at radius 2 is 1.85 bits per heavy atom. The highest BCUT2D eigenvalue weighted by atomic mass is 16.5. The average molecular weight is 462 g/mol. The first-order valence-corrected chi connectivity index (χ1v) is 12.1. The molecule has 0 bridgehead atoms. The Kier molecular flexibility index (Phi) is 11.9. The molecule has 0 aliphatic carbocycles. The standard InChI is InChI=1S/C25H39N3O5/c1-2-33-25(32)22(13-9-4-3-5-10-16-26)27-21-15-14-20(19-11-7-6-8-12-19)17-28(24(21)31)18-23(29)30/h6-8,11-12,20-22,27H,2-5,9-10,13-18,26H2,1H3,(H,29,30)/t20-,21-,22-/m0/s1. The minimum Gasteiger partial charge on any atom is -0.480 e. The van der Waals surface area contributed by atoms with E-state index in [9.17, 15) is 19.5 Å². The van der Waals surface area contributed by atoms with Gasteiger partial charge in [0.2, 0.25) is 5.91 Å². The summed E-state index contributed by atoms with van der Waals surface area (Å²) in [4.78, 5) is 38.7. The minimum atomic E-state index is -1.05. The molecule has 1 heterocycles. The van der Waals surface area contributed by atoms with E-state index in [-0.39, 0.29) is 30.9 Å². The number of unbranched alkanes of at least 4 members (excludes halogenated alkanes) is 4. The molecular formula is C25H39N3O5. The third-order valence-corrected chi connectivity index (χ3v) is 6.12. The van der Waals surface area contributed by atoms with Crippen molar-refractivity contribution >= 4 is 17.8 Å². The molecule has 1 aromatic carbocycles. The molecule has 4 N–H and O–H groups in total. The molecule has 0 aromatic heterocycles. The molecular weight excluding hydrogens is 422 g/mol. The van der Waals surface area contributed by atoms with Crippen LogP contribution in [0.4, 0.5) is 0 Å². The number of carboxylic acids is 1. The van der Waals surface area contributed by atoms with Gasteiger partial charge in [-0.2, -0.15) is 0 Å². The first-order valence-electron chi connectivity index (χ1n) is 12.1. The number of benzene rings is 1. The Morgan fingerprint density at radius 3 is 2.52 bits per heavy atom. The number of esters is 1. The molecule has 2 rings (SSSR count). The van der Waals surface area contributed by atoms with E-state index >= 15 is 0 Å². The predicted molar refractivity (Wildman–Crippen MR) is 127 cm³/mol. The van der Waals surface area contributed by atoms with Crippen LogP contribution >= 0.6 is 0 Å². The van der Waals surface area contributed by atoms with E-state index in [0.29, 0.717) is 25.9 Å². The van der Waals surface area contributed by atoms with Crippen LogP contribution in [-0.2, 0) is 19.1 Å². The largest absolute Gasteiger partial charge is 0.480 e. The maximum absolute atomic E-state index is 13.3. The third kappa shape index (κ3) is 9.14. The summed E-state index contributed by atoms with van der Waals surface area (Å²) >= 11 is 0. The summed E-state index contributed by atoms with van der Waals surface area (Å²) in [5.41, 5.74) is 6.62. The highest BCUT2D eigenvalue weighted by molar-refractivity contribution is 5.86. The van der Waals surface area contributed by atoms with Gasteiger partial charge in [0.05, 0.1) is 12.6 Å². The number of nitrogens with zero attached hydrogens (tertiary/aromatic N) is 1. The number of carbonyl (C=O) groups excluding carboxylic acids is 2. The van der Waals surface area contributed by atoms with Gasteiger partial charge in [-0.05, 0) is 44.7 Å². The van der Waals surface area contributed by atoms with Crippen LogP contribution < -0.4 is 11.1 Å². The molecule has 1 saturated heterocycles. The molecule has 1 aliphatic heterocycles. The van der Waals surface area contributed by atoms with Gasteiger partial charge in [0.15, 0.2) is 0 Å². The zero-order chi connectivity index (χ0) is 24.1. The quantitative estimate of drug-likeness (QED) is 0.288. The number of carbonyl (C=O) groups is 3. The first-order chi connectivity index (χ1) is 16.0. The lowest BCUT2D eigenvalue weighted by molar-refractivity contribution is -0.148. The maximum Gasteiger partial charge on any atom is 0.323 e. The highest BCUT2D eigenvalue weighted by Crippen LogP contribution is 2.27. The fourth-order valence-corrected chi connectivity index (χ4v) is 4.39. The van der Waals surface area contributed by atoms with Crippen LogP contribution in [0.15, 0.2) is 30.3 Å². The van der Waals surface area contributed by atoms with Crippen LogP contribution in [0.25, 0.3) is 0 Å². The van der Waals surface area contributed by atoms with Gasteiger partial charge in [-0.3, -0.25) is 19.7 Å². The number of rotatable bonds is 14. The summed E-state index contributed by atoms with van der Waals surface area (Å²) in [6.07, 6.45) is 6.77. The number of hydrogen-bond acceptors (Lipinski definition) is 6. The number of carboxylic acid groups (broad SMARTS) is 1. The lowest BCUT2D eigenvalue weighted by Gasteiger charge is -2.27. The maximum atomic E-state index is 13.3. The van der Waals surface area contributed by atoms with E-state index in [1.54, 1.807) is 6.92 Å². The molecule has 8 heteroatoms. The van der Waals surface area contributed by atoms with E-state index in [1.165, 1.54) is 4.90 Å². The van der Waals surface area contributed by atoms with E-state index in [1.807, 2.05) is 30.3 Å². The zero-order valence-corrected chi connectivity index (χ0v) is 19.7. The average Bonchev–Trinajstić information content (AvgIpc) is 2.95. The molecule has 0 radical (unpaired) electrons. The van der Waals surface area contributed by atoms with Gasteiger partial charge >= 0.3 is 11.9 Å². The van der Waals surface area contributed by atoms with Crippen molar-refractivity contribution in [2.45, 2.75) is 76.3 Å². The van der Waals surface area contributed by atoms with Crippen molar-refractivity contribution < 1.29 is 24.2 Å². The Hall–Kier alpha value is -2.45. The van der Waals surface area contributed by atoms with Gasteiger partial charge in [-0.1, -0.05) is 56.0 Å². The van der Waals surface area contributed by atoms with Gasteiger partial charge in [0.25, 0.3) is 0 Å². The minimum absolute atomic E-state index is 0.0462. The number of nitrogens with one attached hydrogen (secondary N) is 1. The molecule has 0 saturated carbocycles. The second kappa shape index (κ2) is 14.6. The molecule has 8 nitrogen and oxygen atoms in total. The number of amides is 1. The Labute approximate surface area is 196 Å². The Bertz CT molecular complexity index is 743. The molecule has 0 unspecified atom stereocenters. The van der Waals surface area contributed by atoms with Crippen molar-refractivity contribution in [1.82, 2.24) is 10.2 Å². The van der Waals surface area contributed by atoms with Gasteiger partial charge in [0.1, 0.15) is 12.6 Å². The topological polar surface area (TPSA) is 122 Å². The third-order valence-electron chi connectivity index (χ3n) is 6.12. The van der Waals surface area contributed by atoms with E-state index in [0.717, 1.165) is 44.1 Å². The van der Waals surface area contributed by atoms with Crippen molar-refractivity contribution in [3.63, 3.8) is 0 Å². The Morgan fingerprint density at radius 1 is 1.15 bits per heavy atom. The van der Waals surface area contributed by atoms with Gasteiger partial charge in [-0.15, -0.1) is 0 Å². The molecule has 3 atom stereocenters. The molecule has 0 spiro atoms. The second-order valence-electron chi connectivity index (χ2n) is 8.67. The van der Waals surface area contributed by atoms with Crippen molar-refractivity contribution in [2.24, 2.45) is 5.73 Å². The predicted octanol–water partition coefficient (Wildman–Crippen LogP) is 2.67. The fourth-order valence-electron chi connectivity index (χ4n) is 4.39. The molecule has 33 heavy (non-hydrogen) atoms. The number of nitrogens with two attached hydrogens (primary N) is 1. The van der Waals surface area contributed by atoms with Crippen molar-refractivity contribution in [2.75, 3.05) is 26.2 Å². The smallest absolute Gasteiger partial charge is 0.323 e. The van der Waals surface area contributed by atoms with Crippen LogP contribution in [0.2, 0.25) is 0 Å². The van der Waals surface area contributed by atoms with Gasteiger partial charge in [-0.25, -0.2) is 0 Å². The normalized spacial score (nSPS) is 19.7. The van der Waals surface area contributed by atoms with Crippen molar-refractivity contribution in [1.29, 1.82) is 0 Å². The van der Waals surface area contributed by atoms with Crippen molar-refractivity contribution in [3.05, 3.63) is 35.9 Å². The van der Waals surface area contributed by atoms with E-state index in [4.69, 9.17) is 10.5 Å². The Balaban J connectivity index is 2.09. The van der Waals surface area contributed by atoms with Crippen LogP contribution in [0.5, 0.6) is 0 Å². The van der Waals surface area contributed by atoms with Crippen LogP contribution in [-0.4, -0.2) is 66.2 Å². The number of aliphatic carboxylic acids is 1. The summed E-state index contributed by atoms with van der Waals surface area (Å²) in [6, 6.07) is 8.64. The zero-order valence-electron chi connectivity index (χ0n) is 19.7. The SMILES string of the molecule is CCOC(=O)[C@H](CCCCCCCN)N[C@H]1CC[C@H](c2ccccc2)CN(CC(=O)O)C1=O. The molecule has 1 aliphatic rings. The second-order valence-corrected chi connectivity index (χ2v) is 8.67. The molecule has 1 aromatic rings. The number of hydrogen-bond donors (Lipinski definition) is 3. The van der Waals surface area contributed by atoms with Crippen LogP contribution in [0, 0.1) is 0 Å². The summed E-state index contributed by atoms with van der Waals surface area (Å²) in [7, 11) is 0. The van der Waals surface area contributed by atoms with Crippen LogP contribution in [0.1, 0.15) is 69.8 Å².